The lowest BCUT2D eigenvalue weighted by Crippen LogP contribution is -2.02. The van der Waals surface area contributed by atoms with Crippen LogP contribution in [-0.4, -0.2) is 12.1 Å². The van der Waals surface area contributed by atoms with E-state index in [0.717, 1.165) is 0 Å². The van der Waals surface area contributed by atoms with Gasteiger partial charge in [-0.05, 0) is 35.0 Å². The first-order valence-electron chi connectivity index (χ1n) is 3.52. The molecule has 0 heterocycles. The van der Waals surface area contributed by atoms with Gasteiger partial charge < -0.3 is 0 Å². The van der Waals surface area contributed by atoms with E-state index in [4.69, 9.17) is 0 Å². The Kier molecular flexibility index (Phi) is 2.93. The molecule has 68 valence electrons. The summed E-state index contributed by atoms with van der Waals surface area (Å²) in [6.45, 7) is 1.29. The molecule has 0 aliphatic carbocycles. The third-order valence-electron chi connectivity index (χ3n) is 1.63. The molecule has 4 heteroatoms. The molecule has 0 radical (unpaired) electrons. The van der Waals surface area contributed by atoms with E-state index in [1.807, 2.05) is 0 Å². The molecular weight excluding hydrogens is 239 g/mol. The van der Waals surface area contributed by atoms with E-state index in [-0.39, 0.29) is 21.4 Å². The normalized spacial score (nSPS) is 9.77. The van der Waals surface area contributed by atoms with Gasteiger partial charge in [-0.2, -0.15) is 0 Å². The summed E-state index contributed by atoms with van der Waals surface area (Å²) in [5, 5.41) is 0. The number of hydrogen-bond donors (Lipinski definition) is 0. The van der Waals surface area contributed by atoms with Crippen molar-refractivity contribution in [3.05, 3.63) is 33.5 Å². The van der Waals surface area contributed by atoms with Crippen molar-refractivity contribution in [3.8, 4) is 0 Å². The summed E-state index contributed by atoms with van der Waals surface area (Å²) in [5.74, 6) is -1.02. The zero-order valence-electron chi connectivity index (χ0n) is 6.80. The maximum atomic E-state index is 13.2. The number of carbonyl (C=O) groups excluding carboxylic acids is 2. The van der Waals surface area contributed by atoms with Crippen molar-refractivity contribution in [3.63, 3.8) is 0 Å². The first kappa shape index (κ1) is 10.1. The molecule has 0 bridgehead atoms. The maximum Gasteiger partial charge on any atom is 0.160 e. The van der Waals surface area contributed by atoms with Gasteiger partial charge in [0, 0.05) is 5.56 Å². The van der Waals surface area contributed by atoms with Gasteiger partial charge in [-0.1, -0.05) is 0 Å². The Morgan fingerprint density at radius 1 is 1.54 bits per heavy atom. The molecule has 0 N–H and O–H groups in total. The van der Waals surface area contributed by atoms with Crippen LogP contribution in [-0.2, 0) is 0 Å². The van der Waals surface area contributed by atoms with Crippen molar-refractivity contribution in [2.75, 3.05) is 0 Å². The smallest absolute Gasteiger partial charge is 0.160 e. The third-order valence-corrected chi connectivity index (χ3v) is 2.24. The van der Waals surface area contributed by atoms with Gasteiger partial charge in [-0.3, -0.25) is 9.59 Å². The van der Waals surface area contributed by atoms with Crippen LogP contribution in [0.2, 0.25) is 0 Å². The zero-order valence-corrected chi connectivity index (χ0v) is 8.39. The quantitative estimate of drug-likeness (QED) is 0.592. The van der Waals surface area contributed by atoms with Crippen molar-refractivity contribution < 1.29 is 14.0 Å². The number of aldehydes is 1. The Bertz CT molecular complexity index is 374. The number of Topliss-reactive ketones (excluding diaryl/α,β-unsaturated/α-hetero) is 1. The Hall–Kier alpha value is -1.03. The van der Waals surface area contributed by atoms with E-state index in [2.05, 4.69) is 15.9 Å². The summed E-state index contributed by atoms with van der Waals surface area (Å²) in [4.78, 5) is 21.4. The van der Waals surface area contributed by atoms with E-state index < -0.39 is 5.82 Å². The number of benzene rings is 1. The van der Waals surface area contributed by atoms with Gasteiger partial charge in [0.25, 0.3) is 0 Å². The van der Waals surface area contributed by atoms with Crippen LogP contribution in [0, 0.1) is 5.82 Å². The fourth-order valence-corrected chi connectivity index (χ4v) is 1.33. The largest absolute Gasteiger partial charge is 0.298 e. The molecule has 0 amide bonds. The molecule has 0 aliphatic heterocycles. The number of halogens is 2. The first-order valence-corrected chi connectivity index (χ1v) is 4.31. The fraction of sp³-hybridized carbons (Fsp3) is 0.111. The van der Waals surface area contributed by atoms with Crippen molar-refractivity contribution in [2.45, 2.75) is 6.92 Å². The minimum atomic E-state index is -0.692. The molecule has 0 unspecified atom stereocenters. The lowest BCUT2D eigenvalue weighted by molar-refractivity contribution is 0.100. The highest BCUT2D eigenvalue weighted by Crippen LogP contribution is 2.21. The summed E-state index contributed by atoms with van der Waals surface area (Å²) in [6.07, 6.45) is 0.344. The van der Waals surface area contributed by atoms with Crippen LogP contribution >= 0.6 is 15.9 Å². The molecule has 0 spiro atoms. The summed E-state index contributed by atoms with van der Waals surface area (Å²) in [7, 11) is 0. The predicted octanol–water partition coefficient (Wildman–Crippen LogP) is 2.60. The molecule has 2 nitrogen and oxygen atoms in total. The molecule has 0 aliphatic rings. The van der Waals surface area contributed by atoms with Crippen molar-refractivity contribution in [1.29, 1.82) is 0 Å². The van der Waals surface area contributed by atoms with Gasteiger partial charge in [0.2, 0.25) is 0 Å². The Morgan fingerprint density at radius 2 is 2.15 bits per heavy atom. The summed E-state index contributed by atoms with van der Waals surface area (Å²) >= 11 is 2.92. The highest BCUT2D eigenvalue weighted by Gasteiger charge is 2.13. The monoisotopic (exact) mass is 244 g/mol. The van der Waals surface area contributed by atoms with Crippen LogP contribution in [0.3, 0.4) is 0 Å². The molecule has 0 saturated heterocycles. The minimum Gasteiger partial charge on any atom is -0.298 e. The number of carbonyl (C=O) groups is 2. The van der Waals surface area contributed by atoms with Crippen LogP contribution in [0.5, 0.6) is 0 Å². The molecule has 1 aromatic carbocycles. The van der Waals surface area contributed by atoms with Gasteiger partial charge in [-0.15, -0.1) is 0 Å². The number of ketones is 1. The van der Waals surface area contributed by atoms with Gasteiger partial charge in [0.05, 0.1) is 10.0 Å². The minimum absolute atomic E-state index is 0.107. The van der Waals surface area contributed by atoms with Crippen LogP contribution < -0.4 is 0 Å². The first-order chi connectivity index (χ1) is 6.07. The third kappa shape index (κ3) is 1.83. The van der Waals surface area contributed by atoms with Crippen LogP contribution in [0.4, 0.5) is 4.39 Å². The molecule has 0 fully saturated rings. The second kappa shape index (κ2) is 3.79. The molecule has 1 rings (SSSR count). The topological polar surface area (TPSA) is 34.1 Å². The molecule has 13 heavy (non-hydrogen) atoms. The summed E-state index contributed by atoms with van der Waals surface area (Å²) in [6, 6.07) is 2.82. The van der Waals surface area contributed by atoms with Gasteiger partial charge in [0.1, 0.15) is 5.82 Å². The number of hydrogen-bond acceptors (Lipinski definition) is 2. The van der Waals surface area contributed by atoms with E-state index in [9.17, 15) is 14.0 Å². The predicted molar refractivity (Wildman–Crippen MR) is 49.5 cm³/mol. The van der Waals surface area contributed by atoms with E-state index in [0.29, 0.717) is 6.29 Å². The molecular formula is C9H6BrFO2. The Labute approximate surface area is 82.9 Å². The fourth-order valence-electron chi connectivity index (χ4n) is 0.989. The van der Waals surface area contributed by atoms with Crippen molar-refractivity contribution in [2.24, 2.45) is 0 Å². The zero-order chi connectivity index (χ0) is 10.0. The van der Waals surface area contributed by atoms with Gasteiger partial charge >= 0.3 is 0 Å². The van der Waals surface area contributed by atoms with E-state index >= 15 is 0 Å². The summed E-state index contributed by atoms with van der Waals surface area (Å²) in [5.41, 5.74) is -0.0856. The van der Waals surface area contributed by atoms with Crippen LogP contribution in [0.15, 0.2) is 16.6 Å². The summed E-state index contributed by atoms with van der Waals surface area (Å²) < 4.78 is 13.4. The van der Waals surface area contributed by atoms with Crippen LogP contribution in [0.1, 0.15) is 27.6 Å². The lowest BCUT2D eigenvalue weighted by atomic mass is 10.1. The Morgan fingerprint density at radius 3 is 2.62 bits per heavy atom. The molecule has 0 saturated carbocycles. The maximum absolute atomic E-state index is 13.2. The highest BCUT2D eigenvalue weighted by molar-refractivity contribution is 9.10. The van der Waals surface area contributed by atoms with E-state index in [1.54, 1.807) is 0 Å². The van der Waals surface area contributed by atoms with Crippen molar-refractivity contribution >= 4 is 28.0 Å². The van der Waals surface area contributed by atoms with E-state index in [1.165, 1.54) is 19.1 Å². The van der Waals surface area contributed by atoms with Crippen LogP contribution in [0.25, 0.3) is 0 Å². The van der Waals surface area contributed by atoms with Gasteiger partial charge in [-0.25, -0.2) is 4.39 Å². The van der Waals surface area contributed by atoms with Gasteiger partial charge in [0.15, 0.2) is 12.1 Å². The lowest BCUT2D eigenvalue weighted by Gasteiger charge is -2.02. The average molecular weight is 245 g/mol. The number of rotatable bonds is 2. The molecule has 0 aromatic heterocycles. The SMILES string of the molecule is CC(=O)c1ccc(Br)c(F)c1C=O. The van der Waals surface area contributed by atoms with Crippen molar-refractivity contribution in [1.82, 2.24) is 0 Å². The standard InChI is InChI=1S/C9H6BrFO2/c1-5(13)6-2-3-8(10)9(11)7(6)4-12/h2-4H,1H3. The second-order valence-electron chi connectivity index (χ2n) is 2.50. The average Bonchev–Trinajstić information content (AvgIpc) is 2.09. The Balaban J connectivity index is 3.47. The molecule has 0 atom stereocenters. The molecule has 1 aromatic rings. The second-order valence-corrected chi connectivity index (χ2v) is 3.35. The highest BCUT2D eigenvalue weighted by atomic mass is 79.9.